The quantitative estimate of drug-likeness (QED) is 0.520. The van der Waals surface area contributed by atoms with Gasteiger partial charge in [-0.05, 0) is 31.5 Å². The van der Waals surface area contributed by atoms with E-state index in [1.807, 2.05) is 11.6 Å². The predicted molar refractivity (Wildman–Crippen MR) is 109 cm³/mol. The number of nitrogens with one attached hydrogen (secondary N) is 2. The highest BCUT2D eigenvalue weighted by Gasteiger charge is 2.23. The maximum atomic E-state index is 10.1. The lowest BCUT2D eigenvalue weighted by Crippen LogP contribution is -2.47. The van der Waals surface area contributed by atoms with Crippen molar-refractivity contribution in [2.45, 2.75) is 58.7 Å². The molecule has 8 heteroatoms. The molecule has 1 atom stereocenters. The van der Waals surface area contributed by atoms with Gasteiger partial charge in [0.05, 0.1) is 20.2 Å². The Morgan fingerprint density at radius 2 is 2.25 bits per heavy atom. The van der Waals surface area contributed by atoms with E-state index in [-0.39, 0.29) is 11.8 Å². The molecule has 1 unspecified atom stereocenters. The first-order chi connectivity index (χ1) is 13.5. The summed E-state index contributed by atoms with van der Waals surface area (Å²) in [6.07, 6.45) is 1.87. The highest BCUT2D eigenvalue weighted by atomic mass is 16.5. The van der Waals surface area contributed by atoms with Crippen LogP contribution in [0.25, 0.3) is 0 Å². The molecule has 0 saturated heterocycles. The topological polar surface area (TPSA) is 96.6 Å². The number of nitrogens with zero attached hydrogens (tertiary/aromatic N) is 4. The number of rotatable bonds is 6. The zero-order chi connectivity index (χ0) is 20.1. The van der Waals surface area contributed by atoms with Crippen molar-refractivity contribution in [2.24, 2.45) is 4.99 Å². The predicted octanol–water partition coefficient (Wildman–Crippen LogP) is 2.19. The third-order valence-electron chi connectivity index (χ3n) is 4.77. The minimum atomic E-state index is 0.214. The van der Waals surface area contributed by atoms with Crippen molar-refractivity contribution in [1.29, 1.82) is 0 Å². The van der Waals surface area contributed by atoms with Gasteiger partial charge in [0, 0.05) is 30.5 Å². The van der Waals surface area contributed by atoms with Crippen molar-refractivity contribution in [3.63, 3.8) is 0 Å². The molecule has 0 spiro atoms. The van der Waals surface area contributed by atoms with E-state index in [0.29, 0.717) is 18.2 Å². The molecule has 1 aliphatic rings. The van der Waals surface area contributed by atoms with Gasteiger partial charge in [-0.3, -0.25) is 0 Å². The number of aryl methyl sites for hydroxylation is 1. The van der Waals surface area contributed by atoms with Crippen LogP contribution in [0.5, 0.6) is 11.5 Å². The molecule has 0 bridgehead atoms. The summed E-state index contributed by atoms with van der Waals surface area (Å²) in [5.41, 5.74) is 0.723. The maximum Gasteiger partial charge on any atom is 0.191 e. The number of aromatic nitrogens is 3. The molecule has 152 valence electrons. The number of phenolic OH excluding ortho intramolecular Hbond substituents is 1. The van der Waals surface area contributed by atoms with Gasteiger partial charge in [-0.1, -0.05) is 13.8 Å². The van der Waals surface area contributed by atoms with E-state index in [4.69, 9.17) is 4.74 Å². The van der Waals surface area contributed by atoms with E-state index in [9.17, 15) is 5.11 Å². The van der Waals surface area contributed by atoms with E-state index in [1.54, 1.807) is 25.3 Å². The van der Waals surface area contributed by atoms with E-state index in [2.05, 4.69) is 39.6 Å². The van der Waals surface area contributed by atoms with E-state index in [0.717, 1.165) is 49.1 Å². The Bertz CT molecular complexity index is 830. The number of ether oxygens (including phenoxy) is 1. The van der Waals surface area contributed by atoms with Gasteiger partial charge < -0.3 is 20.5 Å². The number of aliphatic imine (C=N–C) groups is 1. The van der Waals surface area contributed by atoms with Crippen LogP contribution in [0.3, 0.4) is 0 Å². The van der Waals surface area contributed by atoms with Crippen LogP contribution >= 0.6 is 0 Å². The van der Waals surface area contributed by atoms with Gasteiger partial charge in [-0.25, -0.2) is 14.7 Å². The fourth-order valence-corrected chi connectivity index (χ4v) is 3.18. The number of hydrogen-bond acceptors (Lipinski definition) is 5. The summed E-state index contributed by atoms with van der Waals surface area (Å²) >= 11 is 0. The van der Waals surface area contributed by atoms with E-state index in [1.165, 1.54) is 0 Å². The summed E-state index contributed by atoms with van der Waals surface area (Å²) in [4.78, 5) is 9.28. The number of methoxy groups -OCH3 is 1. The number of fused-ring (bicyclic) bond motifs is 1. The minimum Gasteiger partial charge on any atom is -0.508 e. The highest BCUT2D eigenvalue weighted by Crippen LogP contribution is 2.23. The molecule has 0 aliphatic carbocycles. The van der Waals surface area contributed by atoms with Crippen molar-refractivity contribution < 1.29 is 9.84 Å². The van der Waals surface area contributed by atoms with Crippen LogP contribution in [0.1, 0.15) is 50.3 Å². The Labute approximate surface area is 166 Å². The number of benzene rings is 1. The molecule has 3 N–H and O–H groups in total. The van der Waals surface area contributed by atoms with Crippen LogP contribution < -0.4 is 15.4 Å². The second kappa shape index (κ2) is 8.95. The van der Waals surface area contributed by atoms with Gasteiger partial charge in [0.15, 0.2) is 11.8 Å². The highest BCUT2D eigenvalue weighted by molar-refractivity contribution is 5.80. The molecule has 0 fully saturated rings. The van der Waals surface area contributed by atoms with Crippen molar-refractivity contribution in [1.82, 2.24) is 25.4 Å². The average molecular weight is 387 g/mol. The molecule has 0 amide bonds. The number of hydrogen-bond donors (Lipinski definition) is 3. The Morgan fingerprint density at radius 3 is 2.96 bits per heavy atom. The van der Waals surface area contributed by atoms with Crippen molar-refractivity contribution in [2.75, 3.05) is 13.7 Å². The molecular weight excluding hydrogens is 356 g/mol. The first-order valence-electron chi connectivity index (χ1n) is 9.84. The molecule has 28 heavy (non-hydrogen) atoms. The largest absolute Gasteiger partial charge is 0.508 e. The first-order valence-corrected chi connectivity index (χ1v) is 9.84. The zero-order valence-corrected chi connectivity index (χ0v) is 17.1. The summed E-state index contributed by atoms with van der Waals surface area (Å²) in [6, 6.07) is 5.39. The average Bonchev–Trinajstić information content (AvgIpc) is 3.11. The molecule has 1 aromatic carbocycles. The maximum absolute atomic E-state index is 10.1. The lowest BCUT2D eigenvalue weighted by molar-refractivity contribution is 0.391. The number of phenols is 1. The smallest absolute Gasteiger partial charge is 0.191 e. The SMILES string of the molecule is CCNC(=NCc1cc(OC)ccc1O)NC1CCc2nc(C(C)C)nn2C1. The van der Waals surface area contributed by atoms with Gasteiger partial charge in [0.1, 0.15) is 17.3 Å². The number of aromatic hydroxyl groups is 1. The van der Waals surface area contributed by atoms with Gasteiger partial charge in [-0.15, -0.1) is 0 Å². The van der Waals surface area contributed by atoms with Gasteiger partial charge in [-0.2, -0.15) is 5.10 Å². The summed E-state index contributed by atoms with van der Waals surface area (Å²) in [5.74, 6) is 3.94. The lowest BCUT2D eigenvalue weighted by atomic mass is 10.1. The van der Waals surface area contributed by atoms with Crippen molar-refractivity contribution in [3.8, 4) is 11.5 Å². The molecule has 2 aromatic rings. The van der Waals surface area contributed by atoms with Crippen LogP contribution in [-0.4, -0.2) is 45.5 Å². The third-order valence-corrected chi connectivity index (χ3v) is 4.77. The lowest BCUT2D eigenvalue weighted by Gasteiger charge is -2.25. The van der Waals surface area contributed by atoms with Crippen LogP contribution in [0, 0.1) is 0 Å². The summed E-state index contributed by atoms with van der Waals surface area (Å²) in [5, 5.41) is 21.5. The Morgan fingerprint density at radius 1 is 1.43 bits per heavy atom. The van der Waals surface area contributed by atoms with E-state index < -0.39 is 0 Å². The molecule has 3 rings (SSSR count). The Balaban J connectivity index is 1.68. The second-order valence-corrected chi connectivity index (χ2v) is 7.29. The summed E-state index contributed by atoms with van der Waals surface area (Å²) < 4.78 is 7.24. The van der Waals surface area contributed by atoms with Crippen LogP contribution in [0.4, 0.5) is 0 Å². The van der Waals surface area contributed by atoms with Gasteiger partial charge in [0.2, 0.25) is 0 Å². The van der Waals surface area contributed by atoms with Crippen molar-refractivity contribution >= 4 is 5.96 Å². The Hall–Kier alpha value is -2.77. The summed E-state index contributed by atoms with van der Waals surface area (Å²) in [7, 11) is 1.61. The fourth-order valence-electron chi connectivity index (χ4n) is 3.18. The van der Waals surface area contributed by atoms with Crippen LogP contribution in [0.15, 0.2) is 23.2 Å². The zero-order valence-electron chi connectivity index (χ0n) is 17.1. The monoisotopic (exact) mass is 386 g/mol. The Kier molecular flexibility index (Phi) is 6.38. The molecule has 1 aromatic heterocycles. The standard InChI is InChI=1S/C20H30N6O2/c1-5-21-20(22-11-14-10-16(28-4)7-8-17(14)27)23-15-6-9-18-24-19(13(2)3)25-26(18)12-15/h7-8,10,13,15,27H,5-6,9,11-12H2,1-4H3,(H2,21,22,23). The molecule has 1 aliphatic heterocycles. The normalized spacial score (nSPS) is 16.8. The molecular formula is C20H30N6O2. The third kappa shape index (κ3) is 4.74. The summed E-state index contributed by atoms with van der Waals surface area (Å²) in [6.45, 7) is 8.14. The molecule has 0 radical (unpaired) electrons. The molecule has 0 saturated carbocycles. The van der Waals surface area contributed by atoms with E-state index >= 15 is 0 Å². The molecule has 2 heterocycles. The van der Waals surface area contributed by atoms with Crippen molar-refractivity contribution in [3.05, 3.63) is 35.4 Å². The van der Waals surface area contributed by atoms with Crippen LogP contribution in [-0.2, 0) is 19.5 Å². The first kappa shape index (κ1) is 20.0. The van der Waals surface area contributed by atoms with Gasteiger partial charge >= 0.3 is 0 Å². The minimum absolute atomic E-state index is 0.214. The molecule has 8 nitrogen and oxygen atoms in total. The second-order valence-electron chi connectivity index (χ2n) is 7.29. The van der Waals surface area contributed by atoms with Gasteiger partial charge in [0.25, 0.3) is 0 Å². The number of guanidine groups is 1. The fraction of sp³-hybridized carbons (Fsp3) is 0.550. The van der Waals surface area contributed by atoms with Crippen LogP contribution in [0.2, 0.25) is 0 Å².